The normalized spacial score (nSPS) is 11.8. The van der Waals surface area contributed by atoms with Gasteiger partial charge in [-0.25, -0.2) is 14.6 Å². The lowest BCUT2D eigenvalue weighted by Crippen LogP contribution is -2.44. The van der Waals surface area contributed by atoms with Gasteiger partial charge >= 0.3 is 12.0 Å². The van der Waals surface area contributed by atoms with Gasteiger partial charge in [0.25, 0.3) is 0 Å². The Balaban J connectivity index is 1.94. The highest BCUT2D eigenvalue weighted by Gasteiger charge is 2.21. The number of aromatic nitrogens is 4. The van der Waals surface area contributed by atoms with E-state index in [1.54, 1.807) is 6.92 Å². The number of carbonyl (C=O) groups excluding carboxylic acids is 1. The number of rotatable bonds is 5. The van der Waals surface area contributed by atoms with Gasteiger partial charge in [-0.1, -0.05) is 11.3 Å². The van der Waals surface area contributed by atoms with Gasteiger partial charge in [-0.3, -0.25) is 5.32 Å². The van der Waals surface area contributed by atoms with Gasteiger partial charge in [-0.05, 0) is 6.92 Å². The molecular weight excluding hydrogens is 284 g/mol. The molecule has 2 aromatic heterocycles. The zero-order valence-corrected chi connectivity index (χ0v) is 11.3. The van der Waals surface area contributed by atoms with Gasteiger partial charge in [0.05, 0.1) is 6.33 Å². The van der Waals surface area contributed by atoms with E-state index in [1.807, 2.05) is 0 Å². The van der Waals surface area contributed by atoms with Gasteiger partial charge in [-0.2, -0.15) is 0 Å². The van der Waals surface area contributed by atoms with E-state index in [2.05, 4.69) is 30.8 Å². The van der Waals surface area contributed by atoms with Gasteiger partial charge < -0.3 is 15.4 Å². The number of aromatic amines is 1. The molecule has 106 valence electrons. The Morgan fingerprint density at radius 1 is 1.50 bits per heavy atom. The number of amides is 2. The molecule has 0 unspecified atom stereocenters. The van der Waals surface area contributed by atoms with Crippen molar-refractivity contribution in [2.24, 2.45) is 0 Å². The van der Waals surface area contributed by atoms with Crippen LogP contribution in [0.15, 0.2) is 12.5 Å². The predicted molar refractivity (Wildman–Crippen MR) is 70.5 cm³/mol. The van der Waals surface area contributed by atoms with Crippen molar-refractivity contribution >= 4 is 28.5 Å². The first kappa shape index (κ1) is 13.9. The molecule has 2 amide bonds. The van der Waals surface area contributed by atoms with Crippen molar-refractivity contribution < 1.29 is 14.7 Å². The number of hydrogen-bond acceptors (Lipinski definition) is 6. The molecule has 0 aliphatic rings. The van der Waals surface area contributed by atoms with Crippen molar-refractivity contribution in [2.45, 2.75) is 19.4 Å². The summed E-state index contributed by atoms with van der Waals surface area (Å²) in [5, 5.41) is 22.3. The molecule has 4 N–H and O–H groups in total. The molecule has 2 heterocycles. The standard InChI is InChI=1S/C10H12N6O3S/c1-5-15-16-10(20-5)14-9(19)13-7(8(17)18)2-6-3-11-4-12-6/h3-4,7H,2H2,1H3,(H,11,12)(H,17,18)(H2,13,14,16,19)/t7-/m1/s1. The number of H-pyrrole nitrogens is 1. The molecular formula is C10H12N6O3S. The van der Waals surface area contributed by atoms with Crippen LogP contribution < -0.4 is 10.6 Å². The Bertz CT molecular complexity index is 596. The molecule has 0 fully saturated rings. The molecule has 2 rings (SSSR count). The van der Waals surface area contributed by atoms with Gasteiger partial charge in [0.2, 0.25) is 5.13 Å². The van der Waals surface area contributed by atoms with E-state index in [0.29, 0.717) is 15.8 Å². The van der Waals surface area contributed by atoms with Gasteiger partial charge in [0.15, 0.2) is 0 Å². The van der Waals surface area contributed by atoms with Crippen LogP contribution in [0.3, 0.4) is 0 Å². The maximum atomic E-state index is 11.7. The van der Waals surface area contributed by atoms with Crippen LogP contribution in [-0.4, -0.2) is 43.3 Å². The molecule has 0 aliphatic heterocycles. The Morgan fingerprint density at radius 3 is 2.85 bits per heavy atom. The second-order valence-electron chi connectivity index (χ2n) is 3.90. The third-order valence-electron chi connectivity index (χ3n) is 2.33. The molecule has 2 aromatic rings. The van der Waals surface area contributed by atoms with E-state index < -0.39 is 18.0 Å². The number of nitrogens with one attached hydrogen (secondary N) is 3. The van der Waals surface area contributed by atoms with E-state index in [-0.39, 0.29) is 6.42 Å². The number of urea groups is 1. The van der Waals surface area contributed by atoms with Crippen molar-refractivity contribution in [3.05, 3.63) is 23.2 Å². The van der Waals surface area contributed by atoms with Crippen molar-refractivity contribution in [3.8, 4) is 0 Å². The van der Waals surface area contributed by atoms with E-state index in [4.69, 9.17) is 5.11 Å². The van der Waals surface area contributed by atoms with Crippen LogP contribution >= 0.6 is 11.3 Å². The SMILES string of the molecule is Cc1nnc(NC(=O)N[C@H](Cc2cnc[nH]2)C(=O)O)s1. The molecule has 1 atom stereocenters. The first-order chi connectivity index (χ1) is 9.54. The van der Waals surface area contributed by atoms with Crippen molar-refractivity contribution in [1.82, 2.24) is 25.5 Å². The van der Waals surface area contributed by atoms with Crippen LogP contribution in [0, 0.1) is 6.92 Å². The smallest absolute Gasteiger partial charge is 0.326 e. The molecule has 0 radical (unpaired) electrons. The van der Waals surface area contributed by atoms with Crippen LogP contribution in [0.2, 0.25) is 0 Å². The molecule has 20 heavy (non-hydrogen) atoms. The number of hydrogen-bond donors (Lipinski definition) is 4. The molecule has 0 aliphatic carbocycles. The van der Waals surface area contributed by atoms with Crippen molar-refractivity contribution in [3.63, 3.8) is 0 Å². The molecule has 0 saturated heterocycles. The third-order valence-corrected chi connectivity index (χ3v) is 3.08. The average Bonchev–Trinajstić information content (AvgIpc) is 3.00. The largest absolute Gasteiger partial charge is 0.480 e. The molecule has 9 nitrogen and oxygen atoms in total. The van der Waals surface area contributed by atoms with Crippen LogP contribution in [0.5, 0.6) is 0 Å². The third kappa shape index (κ3) is 3.75. The Labute approximate surface area is 117 Å². The summed E-state index contributed by atoms with van der Waals surface area (Å²) in [6.45, 7) is 1.75. The number of carboxylic acids is 1. The lowest BCUT2D eigenvalue weighted by Gasteiger charge is -2.13. The lowest BCUT2D eigenvalue weighted by atomic mass is 10.2. The molecule has 0 aromatic carbocycles. The highest BCUT2D eigenvalue weighted by Crippen LogP contribution is 2.13. The zero-order valence-electron chi connectivity index (χ0n) is 10.5. The fourth-order valence-corrected chi connectivity index (χ4v) is 2.04. The van der Waals surface area contributed by atoms with Crippen LogP contribution in [0.4, 0.5) is 9.93 Å². The number of aliphatic carboxylic acids is 1. The summed E-state index contributed by atoms with van der Waals surface area (Å²) >= 11 is 1.20. The highest BCUT2D eigenvalue weighted by atomic mass is 32.1. The Kier molecular flexibility index (Phi) is 4.25. The summed E-state index contributed by atoms with van der Waals surface area (Å²) in [6.07, 6.45) is 3.06. The molecule has 0 spiro atoms. The van der Waals surface area contributed by atoms with Crippen LogP contribution in [0.25, 0.3) is 0 Å². The minimum atomic E-state index is -1.14. The quantitative estimate of drug-likeness (QED) is 0.630. The average molecular weight is 296 g/mol. The number of imidazole rings is 1. The summed E-state index contributed by atoms with van der Waals surface area (Å²) in [4.78, 5) is 29.4. The number of carboxylic acid groups (broad SMARTS) is 1. The lowest BCUT2D eigenvalue weighted by molar-refractivity contribution is -0.139. The fraction of sp³-hybridized carbons (Fsp3) is 0.300. The molecule has 0 bridgehead atoms. The summed E-state index contributed by atoms with van der Waals surface area (Å²) < 4.78 is 0. The first-order valence-corrected chi connectivity index (χ1v) is 6.44. The predicted octanol–water partition coefficient (Wildman–Crippen LogP) is 0.387. The van der Waals surface area contributed by atoms with Gasteiger partial charge in [0.1, 0.15) is 11.0 Å². The minimum Gasteiger partial charge on any atom is -0.480 e. The highest BCUT2D eigenvalue weighted by molar-refractivity contribution is 7.15. The number of carbonyl (C=O) groups is 2. The first-order valence-electron chi connectivity index (χ1n) is 5.62. The second-order valence-corrected chi connectivity index (χ2v) is 5.08. The summed E-state index contributed by atoms with van der Waals surface area (Å²) in [6, 6.07) is -1.71. The maximum absolute atomic E-state index is 11.7. The van der Waals surface area contributed by atoms with Crippen LogP contribution in [0.1, 0.15) is 10.7 Å². The molecule has 0 saturated carbocycles. The maximum Gasteiger partial charge on any atom is 0.326 e. The fourth-order valence-electron chi connectivity index (χ4n) is 1.45. The number of aryl methyl sites for hydroxylation is 1. The summed E-state index contributed by atoms with van der Waals surface area (Å²) in [7, 11) is 0. The number of nitrogens with zero attached hydrogens (tertiary/aromatic N) is 3. The minimum absolute atomic E-state index is 0.109. The van der Waals surface area contributed by atoms with E-state index in [0.717, 1.165) is 0 Å². The van der Waals surface area contributed by atoms with Crippen molar-refractivity contribution in [2.75, 3.05) is 5.32 Å². The topological polar surface area (TPSA) is 133 Å². The monoisotopic (exact) mass is 296 g/mol. The van der Waals surface area contributed by atoms with Gasteiger partial charge in [-0.15, -0.1) is 10.2 Å². The Hall–Kier alpha value is -2.49. The van der Waals surface area contributed by atoms with Crippen molar-refractivity contribution in [1.29, 1.82) is 0 Å². The number of anilines is 1. The van der Waals surface area contributed by atoms with E-state index in [1.165, 1.54) is 23.9 Å². The van der Waals surface area contributed by atoms with Crippen LogP contribution in [-0.2, 0) is 11.2 Å². The molecule has 10 heteroatoms. The summed E-state index contributed by atoms with van der Waals surface area (Å²) in [5.41, 5.74) is 0.615. The second kappa shape index (κ2) is 6.10. The van der Waals surface area contributed by atoms with E-state index in [9.17, 15) is 9.59 Å². The Morgan fingerprint density at radius 2 is 2.30 bits per heavy atom. The summed E-state index contributed by atoms with van der Waals surface area (Å²) in [5.74, 6) is -1.14. The zero-order chi connectivity index (χ0) is 14.5. The van der Waals surface area contributed by atoms with E-state index >= 15 is 0 Å². The van der Waals surface area contributed by atoms with Gasteiger partial charge in [0, 0.05) is 18.3 Å².